The van der Waals surface area contributed by atoms with E-state index in [4.69, 9.17) is 4.74 Å². The zero-order valence-electron chi connectivity index (χ0n) is 13.8. The van der Waals surface area contributed by atoms with Crippen LogP contribution in [0.4, 0.5) is 4.79 Å². The van der Waals surface area contributed by atoms with Crippen molar-refractivity contribution < 1.29 is 9.53 Å². The molecule has 0 aliphatic carbocycles. The second-order valence-corrected chi connectivity index (χ2v) is 6.58. The summed E-state index contributed by atoms with van der Waals surface area (Å²) < 4.78 is 7.80. The first-order valence-electron chi connectivity index (χ1n) is 8.51. The fourth-order valence-corrected chi connectivity index (χ4v) is 3.62. The van der Waals surface area contributed by atoms with E-state index in [0.29, 0.717) is 6.54 Å². The fourth-order valence-electron chi connectivity index (χ4n) is 3.62. The highest BCUT2D eigenvalue weighted by Crippen LogP contribution is 2.34. The summed E-state index contributed by atoms with van der Waals surface area (Å²) in [4.78, 5) is 14.6. The number of nitrogens with zero attached hydrogens (tertiary/aromatic N) is 3. The van der Waals surface area contributed by atoms with Gasteiger partial charge in [0.25, 0.3) is 0 Å². The topological polar surface area (TPSA) is 59.4 Å². The number of hydrogen-bond acceptors (Lipinski definition) is 3. The number of likely N-dealkylation sites (tertiary alicyclic amines) is 1. The second kappa shape index (κ2) is 6.19. The van der Waals surface area contributed by atoms with E-state index < -0.39 is 0 Å². The van der Waals surface area contributed by atoms with Gasteiger partial charge in [0.05, 0.1) is 18.2 Å². The molecule has 2 aromatic rings. The van der Waals surface area contributed by atoms with Gasteiger partial charge in [-0.1, -0.05) is 18.2 Å². The average Bonchev–Trinajstić information content (AvgIpc) is 3.26. The van der Waals surface area contributed by atoms with Gasteiger partial charge in [0, 0.05) is 37.5 Å². The third-order valence-electron chi connectivity index (χ3n) is 4.84. The molecule has 6 nitrogen and oxygen atoms in total. The van der Waals surface area contributed by atoms with Gasteiger partial charge in [-0.3, -0.25) is 4.68 Å². The molecule has 1 unspecified atom stereocenters. The Kier molecular flexibility index (Phi) is 3.88. The third kappa shape index (κ3) is 2.84. The first-order valence-corrected chi connectivity index (χ1v) is 8.51. The van der Waals surface area contributed by atoms with Gasteiger partial charge < -0.3 is 15.0 Å². The van der Waals surface area contributed by atoms with E-state index in [9.17, 15) is 4.79 Å². The summed E-state index contributed by atoms with van der Waals surface area (Å²) in [5.74, 6) is 0.873. The molecule has 1 saturated heterocycles. The smallest absolute Gasteiger partial charge is 0.317 e. The number of aromatic nitrogens is 2. The molecule has 0 bridgehead atoms. The van der Waals surface area contributed by atoms with Crippen molar-refractivity contribution in [3.8, 4) is 5.75 Å². The number of fused-ring (bicyclic) bond motifs is 1. The molecule has 2 aliphatic rings. The monoisotopic (exact) mass is 326 g/mol. The highest BCUT2D eigenvalue weighted by atomic mass is 16.5. The lowest BCUT2D eigenvalue weighted by atomic mass is 9.97. The van der Waals surface area contributed by atoms with Crippen LogP contribution in [0, 0.1) is 0 Å². The molecule has 1 aromatic carbocycles. The highest BCUT2D eigenvalue weighted by Gasteiger charge is 2.31. The molecule has 1 fully saturated rings. The van der Waals surface area contributed by atoms with Gasteiger partial charge in [-0.25, -0.2) is 4.79 Å². The van der Waals surface area contributed by atoms with Crippen LogP contribution < -0.4 is 10.1 Å². The molecule has 2 amide bonds. The number of benzene rings is 1. The van der Waals surface area contributed by atoms with E-state index in [1.807, 2.05) is 53.0 Å². The van der Waals surface area contributed by atoms with Crippen LogP contribution in [-0.4, -0.2) is 39.9 Å². The minimum atomic E-state index is -0.00133. The molecule has 6 heteroatoms. The standard InChI is InChI=1S/C18H22N4O2/c1-13-11-16(15-5-2-3-6-17(15)24-13)20-18(23)21-10-7-14(12-21)22-9-4-8-19-22/h2-6,8-9,13-14,16H,7,10-12H2,1H3,(H,20,23)/t13-,14?,16-/m1/s1. The Morgan fingerprint density at radius 2 is 2.21 bits per heavy atom. The number of urea groups is 1. The predicted molar refractivity (Wildman–Crippen MR) is 89.9 cm³/mol. The van der Waals surface area contributed by atoms with Crippen LogP contribution in [-0.2, 0) is 0 Å². The Bertz CT molecular complexity index is 716. The third-order valence-corrected chi connectivity index (χ3v) is 4.84. The molecule has 1 N–H and O–H groups in total. The molecule has 3 atom stereocenters. The molecule has 0 radical (unpaired) electrons. The molecular formula is C18H22N4O2. The number of para-hydroxylation sites is 1. The number of nitrogens with one attached hydrogen (secondary N) is 1. The van der Waals surface area contributed by atoms with Crippen LogP contribution in [0.15, 0.2) is 42.7 Å². The quantitative estimate of drug-likeness (QED) is 0.923. The Hall–Kier alpha value is -2.50. The molecule has 0 saturated carbocycles. The number of carbonyl (C=O) groups excluding carboxylic acids is 1. The SMILES string of the molecule is C[C@@H]1C[C@@H](NC(=O)N2CCC(n3cccn3)C2)c2ccccc2O1. The highest BCUT2D eigenvalue weighted by molar-refractivity contribution is 5.75. The molecule has 1 aromatic heterocycles. The van der Waals surface area contributed by atoms with Gasteiger partial charge >= 0.3 is 6.03 Å². The summed E-state index contributed by atoms with van der Waals surface area (Å²) in [5.41, 5.74) is 1.06. The summed E-state index contributed by atoms with van der Waals surface area (Å²) in [5, 5.41) is 7.48. The first-order chi connectivity index (χ1) is 11.7. The summed E-state index contributed by atoms with van der Waals surface area (Å²) in [6.45, 7) is 3.50. The van der Waals surface area contributed by atoms with Gasteiger partial charge in [-0.05, 0) is 25.5 Å². The van der Waals surface area contributed by atoms with E-state index in [-0.39, 0.29) is 24.2 Å². The van der Waals surface area contributed by atoms with Crippen LogP contribution in [0.25, 0.3) is 0 Å². The maximum atomic E-state index is 12.7. The van der Waals surface area contributed by atoms with Crippen molar-refractivity contribution in [2.24, 2.45) is 0 Å². The van der Waals surface area contributed by atoms with Crippen LogP contribution in [0.2, 0.25) is 0 Å². The number of amides is 2. The van der Waals surface area contributed by atoms with Crippen LogP contribution in [0.3, 0.4) is 0 Å². The molecule has 4 rings (SSSR count). The lowest BCUT2D eigenvalue weighted by molar-refractivity contribution is 0.159. The van der Waals surface area contributed by atoms with E-state index in [1.165, 1.54) is 0 Å². The van der Waals surface area contributed by atoms with E-state index in [1.54, 1.807) is 6.20 Å². The molecule has 24 heavy (non-hydrogen) atoms. The Morgan fingerprint density at radius 1 is 1.33 bits per heavy atom. The Balaban J connectivity index is 1.43. The predicted octanol–water partition coefficient (Wildman–Crippen LogP) is 2.75. The fraction of sp³-hybridized carbons (Fsp3) is 0.444. The first kappa shape index (κ1) is 15.1. The summed E-state index contributed by atoms with van der Waals surface area (Å²) in [7, 11) is 0. The Morgan fingerprint density at radius 3 is 3.04 bits per heavy atom. The molecule has 2 aliphatic heterocycles. The van der Waals surface area contributed by atoms with Crippen molar-refractivity contribution >= 4 is 6.03 Å². The lowest BCUT2D eigenvalue weighted by Gasteiger charge is -2.32. The second-order valence-electron chi connectivity index (χ2n) is 6.58. The maximum absolute atomic E-state index is 12.7. The lowest BCUT2D eigenvalue weighted by Crippen LogP contribution is -2.42. The van der Waals surface area contributed by atoms with Crippen molar-refractivity contribution in [3.63, 3.8) is 0 Å². The molecule has 126 valence electrons. The van der Waals surface area contributed by atoms with Gasteiger partial charge in [-0.15, -0.1) is 0 Å². The van der Waals surface area contributed by atoms with Gasteiger partial charge in [0.1, 0.15) is 5.75 Å². The summed E-state index contributed by atoms with van der Waals surface area (Å²) in [6, 6.07) is 10.1. The minimum Gasteiger partial charge on any atom is -0.490 e. The van der Waals surface area contributed by atoms with E-state index >= 15 is 0 Å². The van der Waals surface area contributed by atoms with E-state index in [0.717, 1.165) is 30.7 Å². The van der Waals surface area contributed by atoms with Gasteiger partial charge in [-0.2, -0.15) is 5.10 Å². The normalized spacial score (nSPS) is 25.9. The molecule has 3 heterocycles. The zero-order valence-corrected chi connectivity index (χ0v) is 13.8. The summed E-state index contributed by atoms with van der Waals surface area (Å²) >= 11 is 0. The van der Waals surface area contributed by atoms with Crippen LogP contribution in [0.1, 0.15) is 37.4 Å². The maximum Gasteiger partial charge on any atom is 0.317 e. The summed E-state index contributed by atoms with van der Waals surface area (Å²) in [6.07, 6.45) is 5.57. The van der Waals surface area contributed by atoms with Crippen molar-refractivity contribution in [1.29, 1.82) is 0 Å². The minimum absolute atomic E-state index is 0.00111. The van der Waals surface area contributed by atoms with E-state index in [2.05, 4.69) is 10.4 Å². The zero-order chi connectivity index (χ0) is 16.5. The van der Waals surface area contributed by atoms with Crippen molar-refractivity contribution in [2.45, 2.75) is 38.0 Å². The van der Waals surface area contributed by atoms with Crippen molar-refractivity contribution in [1.82, 2.24) is 20.0 Å². The number of ether oxygens (including phenoxy) is 1. The molecule has 0 spiro atoms. The number of hydrogen-bond donors (Lipinski definition) is 1. The number of carbonyl (C=O) groups is 1. The van der Waals surface area contributed by atoms with Crippen molar-refractivity contribution in [2.75, 3.05) is 13.1 Å². The Labute approximate surface area is 141 Å². The van der Waals surface area contributed by atoms with Crippen molar-refractivity contribution in [3.05, 3.63) is 48.3 Å². The largest absolute Gasteiger partial charge is 0.490 e. The average molecular weight is 326 g/mol. The van der Waals surface area contributed by atoms with Gasteiger partial charge in [0.15, 0.2) is 0 Å². The number of rotatable bonds is 2. The van der Waals surface area contributed by atoms with Crippen LogP contribution >= 0.6 is 0 Å². The van der Waals surface area contributed by atoms with Gasteiger partial charge in [0.2, 0.25) is 0 Å². The van der Waals surface area contributed by atoms with Crippen LogP contribution in [0.5, 0.6) is 5.75 Å². The molecular weight excluding hydrogens is 304 g/mol.